The fraction of sp³-hybridized carbons (Fsp3) is 0.870. The first-order chi connectivity index (χ1) is 14.3. The summed E-state index contributed by atoms with van der Waals surface area (Å²) < 4.78 is 16.5. The Kier molecular flexibility index (Phi) is 5.96. The van der Waals surface area contributed by atoms with E-state index in [9.17, 15) is 14.4 Å². The van der Waals surface area contributed by atoms with Gasteiger partial charge < -0.3 is 19.3 Å². The Balaban J connectivity index is 1.48. The van der Waals surface area contributed by atoms with E-state index >= 15 is 0 Å². The molecule has 0 aromatic carbocycles. The number of carbonyl (C=O) groups is 3. The van der Waals surface area contributed by atoms with E-state index in [0.717, 1.165) is 25.2 Å². The van der Waals surface area contributed by atoms with Gasteiger partial charge in [-0.05, 0) is 56.8 Å². The molecule has 1 aliphatic heterocycles. The van der Waals surface area contributed by atoms with Crippen molar-refractivity contribution in [2.75, 3.05) is 13.2 Å². The first-order valence-electron chi connectivity index (χ1n) is 11.5. The molecule has 0 amide bonds. The van der Waals surface area contributed by atoms with Crippen molar-refractivity contribution in [3.05, 3.63) is 0 Å². The Hall–Kier alpha value is -1.47. The Morgan fingerprint density at radius 3 is 2.60 bits per heavy atom. The maximum Gasteiger partial charge on any atom is 0.320 e. The van der Waals surface area contributed by atoms with Crippen LogP contribution in [0.15, 0.2) is 0 Å². The summed E-state index contributed by atoms with van der Waals surface area (Å²) in [6.07, 6.45) is 6.01. The summed E-state index contributed by atoms with van der Waals surface area (Å²) in [5.74, 6) is -1.87. The van der Waals surface area contributed by atoms with Crippen molar-refractivity contribution < 1.29 is 33.7 Å². The molecule has 4 rings (SSSR count). The highest BCUT2D eigenvalue weighted by molar-refractivity contribution is 5.99. The molecule has 2 bridgehead atoms. The van der Waals surface area contributed by atoms with E-state index in [-0.39, 0.29) is 13.2 Å². The molecule has 9 atom stereocenters. The first kappa shape index (κ1) is 21.8. The lowest BCUT2D eigenvalue weighted by Crippen LogP contribution is -2.47. The number of aliphatic hydroxyl groups is 1. The first-order valence-corrected chi connectivity index (χ1v) is 11.5. The number of aliphatic hydroxyl groups excluding tert-OH is 1. The zero-order chi connectivity index (χ0) is 21.6. The van der Waals surface area contributed by atoms with E-state index in [2.05, 4.69) is 6.92 Å². The highest BCUT2D eigenvalue weighted by Crippen LogP contribution is 2.64. The second-order valence-electron chi connectivity index (χ2n) is 9.78. The molecule has 9 unspecified atom stereocenters. The molecule has 1 N–H and O–H groups in total. The minimum absolute atomic E-state index is 0.0508. The Bertz CT molecular complexity index is 706. The molecule has 3 aliphatic carbocycles. The number of ether oxygens (including phenoxy) is 3. The van der Waals surface area contributed by atoms with Crippen LogP contribution in [-0.4, -0.2) is 47.9 Å². The molecule has 1 heterocycles. The van der Waals surface area contributed by atoms with Crippen LogP contribution in [-0.2, 0) is 28.6 Å². The third-order valence-corrected chi connectivity index (χ3v) is 8.51. The molecule has 168 valence electrons. The van der Waals surface area contributed by atoms with Gasteiger partial charge in [0.15, 0.2) is 0 Å². The predicted molar refractivity (Wildman–Crippen MR) is 106 cm³/mol. The Labute approximate surface area is 177 Å². The maximum absolute atomic E-state index is 13.2. The van der Waals surface area contributed by atoms with Crippen LogP contribution >= 0.6 is 0 Å². The van der Waals surface area contributed by atoms with E-state index in [1.807, 2.05) is 0 Å². The minimum Gasteiger partial charge on any atom is -0.459 e. The van der Waals surface area contributed by atoms with Crippen LogP contribution in [0.1, 0.15) is 59.3 Å². The van der Waals surface area contributed by atoms with Crippen molar-refractivity contribution in [1.29, 1.82) is 0 Å². The molecule has 30 heavy (non-hydrogen) atoms. The van der Waals surface area contributed by atoms with Gasteiger partial charge in [-0.3, -0.25) is 14.4 Å². The van der Waals surface area contributed by atoms with Gasteiger partial charge in [-0.1, -0.05) is 20.3 Å². The molecule has 0 spiro atoms. The van der Waals surface area contributed by atoms with Crippen LogP contribution in [0.25, 0.3) is 0 Å². The lowest BCUT2D eigenvalue weighted by atomic mass is 9.71. The number of rotatable bonds is 8. The summed E-state index contributed by atoms with van der Waals surface area (Å²) in [6.45, 7) is 5.26. The topological polar surface area (TPSA) is 99.1 Å². The average molecular weight is 423 g/mol. The van der Waals surface area contributed by atoms with Crippen LogP contribution in [0.3, 0.4) is 0 Å². The van der Waals surface area contributed by atoms with E-state index in [1.54, 1.807) is 13.8 Å². The van der Waals surface area contributed by atoms with Crippen LogP contribution in [0, 0.1) is 41.4 Å². The number of hydrogen-bond acceptors (Lipinski definition) is 7. The van der Waals surface area contributed by atoms with Crippen molar-refractivity contribution in [3.8, 4) is 0 Å². The van der Waals surface area contributed by atoms with Gasteiger partial charge in [0.1, 0.15) is 5.60 Å². The summed E-state index contributed by atoms with van der Waals surface area (Å²) in [6, 6.07) is 0. The number of cyclic esters (lactones) is 2. The molecule has 0 radical (unpaired) electrons. The third-order valence-electron chi connectivity index (χ3n) is 8.51. The molecular formula is C23H34O7. The summed E-state index contributed by atoms with van der Waals surface area (Å²) in [5, 5.41) is 8.99. The largest absolute Gasteiger partial charge is 0.459 e. The van der Waals surface area contributed by atoms with Gasteiger partial charge in [0, 0.05) is 5.92 Å². The lowest BCUT2D eigenvalue weighted by molar-refractivity contribution is -0.179. The molecule has 1 saturated heterocycles. The van der Waals surface area contributed by atoms with Crippen molar-refractivity contribution in [2.24, 2.45) is 41.4 Å². The Morgan fingerprint density at radius 1 is 1.20 bits per heavy atom. The van der Waals surface area contributed by atoms with Crippen LogP contribution in [0.5, 0.6) is 0 Å². The summed E-state index contributed by atoms with van der Waals surface area (Å²) in [7, 11) is 0. The number of esters is 3. The molecule has 4 aliphatic rings. The molecule has 3 saturated carbocycles. The van der Waals surface area contributed by atoms with Gasteiger partial charge in [0.25, 0.3) is 0 Å². The van der Waals surface area contributed by atoms with Crippen molar-refractivity contribution in [3.63, 3.8) is 0 Å². The van der Waals surface area contributed by atoms with Gasteiger partial charge in [0.05, 0.1) is 37.1 Å². The van der Waals surface area contributed by atoms with Gasteiger partial charge in [-0.15, -0.1) is 0 Å². The fourth-order valence-electron chi connectivity index (χ4n) is 7.12. The normalized spacial score (nSPS) is 41.6. The van der Waals surface area contributed by atoms with E-state index < -0.39 is 47.4 Å². The van der Waals surface area contributed by atoms with Crippen molar-refractivity contribution in [1.82, 2.24) is 0 Å². The second kappa shape index (κ2) is 8.23. The molecular weight excluding hydrogens is 388 g/mol. The van der Waals surface area contributed by atoms with Crippen LogP contribution < -0.4 is 0 Å². The molecule has 4 fully saturated rings. The number of hydrogen-bond donors (Lipinski definition) is 1. The molecule has 0 aromatic heterocycles. The van der Waals surface area contributed by atoms with Crippen molar-refractivity contribution >= 4 is 17.9 Å². The van der Waals surface area contributed by atoms with E-state index in [0.29, 0.717) is 17.8 Å². The summed E-state index contributed by atoms with van der Waals surface area (Å²) >= 11 is 0. The van der Waals surface area contributed by atoms with Crippen LogP contribution in [0.2, 0.25) is 0 Å². The second-order valence-corrected chi connectivity index (χ2v) is 9.78. The zero-order valence-electron chi connectivity index (χ0n) is 18.2. The van der Waals surface area contributed by atoms with Gasteiger partial charge in [-0.2, -0.15) is 0 Å². The lowest BCUT2D eigenvalue weighted by Gasteiger charge is -2.42. The smallest absolute Gasteiger partial charge is 0.320 e. The quantitative estimate of drug-likeness (QED) is 0.474. The highest BCUT2D eigenvalue weighted by Gasteiger charge is 2.62. The SMILES string of the molecule is CCC1(OC(=O)C(C)C2C(=O)OC(=O)C2C(C)OCCO)CC2CC1C1CCCC21. The van der Waals surface area contributed by atoms with Gasteiger partial charge in [0.2, 0.25) is 0 Å². The van der Waals surface area contributed by atoms with E-state index in [1.165, 1.54) is 19.3 Å². The molecule has 7 heteroatoms. The van der Waals surface area contributed by atoms with Crippen molar-refractivity contribution in [2.45, 2.75) is 71.0 Å². The van der Waals surface area contributed by atoms with E-state index in [4.69, 9.17) is 19.3 Å². The van der Waals surface area contributed by atoms with Gasteiger partial charge >= 0.3 is 17.9 Å². The Morgan fingerprint density at radius 2 is 1.90 bits per heavy atom. The fourth-order valence-corrected chi connectivity index (χ4v) is 7.12. The molecule has 0 aromatic rings. The number of fused-ring (bicyclic) bond motifs is 5. The summed E-state index contributed by atoms with van der Waals surface area (Å²) in [4.78, 5) is 37.9. The van der Waals surface area contributed by atoms with Crippen LogP contribution in [0.4, 0.5) is 0 Å². The zero-order valence-corrected chi connectivity index (χ0v) is 18.2. The average Bonchev–Trinajstić information content (AvgIpc) is 3.46. The monoisotopic (exact) mass is 422 g/mol. The van der Waals surface area contributed by atoms with Gasteiger partial charge in [-0.25, -0.2) is 0 Å². The predicted octanol–water partition coefficient (Wildman–Crippen LogP) is 2.48. The highest BCUT2D eigenvalue weighted by atomic mass is 16.6. The standard InChI is InChI=1S/C23H34O7/c1-4-23(11-14-10-17(23)16-7-5-6-15(14)16)30-20(25)12(2)18-19(13(3)28-9-8-24)22(27)29-21(18)26/h12-19,24H,4-11H2,1-3H3. The summed E-state index contributed by atoms with van der Waals surface area (Å²) in [5.41, 5.74) is -0.442. The minimum atomic E-state index is -0.926. The third kappa shape index (κ3) is 3.38. The number of carbonyl (C=O) groups excluding carboxylic acids is 3. The molecule has 7 nitrogen and oxygen atoms in total. The maximum atomic E-state index is 13.2.